The molecule has 6 nitrogen and oxygen atoms in total. The molecule has 1 amide bonds. The SMILES string of the molecule is CCCCCCCCCCCCN1C(=O)/C(=C\c2c(N(CCC)CCC)nc3ccccn3c2=O)SC1=S. The molecule has 1 aliphatic rings. The van der Waals surface area contributed by atoms with Gasteiger partial charge in [-0.15, -0.1) is 0 Å². The van der Waals surface area contributed by atoms with Crippen LogP contribution in [0.1, 0.15) is 103 Å². The van der Waals surface area contributed by atoms with Gasteiger partial charge in [0.05, 0.1) is 10.5 Å². The number of thioether (sulfide) groups is 1. The monoisotopic (exact) mass is 556 g/mol. The first-order chi connectivity index (χ1) is 18.5. The molecule has 0 saturated carbocycles. The van der Waals surface area contributed by atoms with E-state index in [0.717, 1.165) is 38.8 Å². The lowest BCUT2D eigenvalue weighted by molar-refractivity contribution is -0.122. The molecule has 0 unspecified atom stereocenters. The Hall–Kier alpha value is -2.19. The Morgan fingerprint density at radius 3 is 2.16 bits per heavy atom. The third kappa shape index (κ3) is 8.15. The summed E-state index contributed by atoms with van der Waals surface area (Å²) in [5.41, 5.74) is 0.896. The Morgan fingerprint density at radius 1 is 0.895 bits per heavy atom. The van der Waals surface area contributed by atoms with Gasteiger partial charge in [0, 0.05) is 25.8 Å². The highest BCUT2D eigenvalue weighted by Gasteiger charge is 2.32. The van der Waals surface area contributed by atoms with E-state index in [1.165, 1.54) is 63.1 Å². The van der Waals surface area contributed by atoms with Crippen molar-refractivity contribution in [1.82, 2.24) is 14.3 Å². The molecule has 3 rings (SSSR count). The molecule has 3 heterocycles. The van der Waals surface area contributed by atoms with E-state index >= 15 is 0 Å². The minimum absolute atomic E-state index is 0.100. The van der Waals surface area contributed by atoms with Crippen molar-refractivity contribution < 1.29 is 4.79 Å². The molecule has 0 atom stereocenters. The van der Waals surface area contributed by atoms with Gasteiger partial charge in [0.25, 0.3) is 11.5 Å². The third-order valence-corrected chi connectivity index (χ3v) is 8.30. The van der Waals surface area contributed by atoms with Crippen LogP contribution in [-0.4, -0.2) is 44.1 Å². The summed E-state index contributed by atoms with van der Waals surface area (Å²) < 4.78 is 2.13. The highest BCUT2D eigenvalue weighted by Crippen LogP contribution is 2.34. The van der Waals surface area contributed by atoms with Crippen LogP contribution in [0, 0.1) is 0 Å². The third-order valence-electron chi connectivity index (χ3n) is 6.92. The molecular formula is C30H44N4O2S2. The molecule has 0 radical (unpaired) electrons. The van der Waals surface area contributed by atoms with Crippen molar-refractivity contribution in [2.24, 2.45) is 0 Å². The van der Waals surface area contributed by atoms with E-state index in [-0.39, 0.29) is 11.5 Å². The average Bonchev–Trinajstić information content (AvgIpc) is 3.18. The normalized spacial score (nSPS) is 14.8. The number of fused-ring (bicyclic) bond motifs is 1. The van der Waals surface area contributed by atoms with E-state index in [4.69, 9.17) is 17.2 Å². The van der Waals surface area contributed by atoms with Gasteiger partial charge in [-0.25, -0.2) is 4.98 Å². The number of carbonyl (C=O) groups excluding carboxylic acids is 1. The molecule has 0 bridgehead atoms. The second kappa shape index (κ2) is 16.0. The average molecular weight is 557 g/mol. The van der Waals surface area contributed by atoms with E-state index in [9.17, 15) is 9.59 Å². The summed E-state index contributed by atoms with van der Waals surface area (Å²) >= 11 is 6.87. The second-order valence-corrected chi connectivity index (χ2v) is 11.8. The fourth-order valence-electron chi connectivity index (χ4n) is 4.90. The maximum atomic E-state index is 13.6. The van der Waals surface area contributed by atoms with E-state index in [1.807, 2.05) is 18.2 Å². The Morgan fingerprint density at radius 2 is 1.53 bits per heavy atom. The zero-order valence-corrected chi connectivity index (χ0v) is 25.0. The number of hydrogen-bond acceptors (Lipinski definition) is 6. The number of thiocarbonyl (C=S) groups is 1. The largest absolute Gasteiger partial charge is 0.356 e. The maximum absolute atomic E-state index is 13.6. The zero-order valence-electron chi connectivity index (χ0n) is 23.4. The highest BCUT2D eigenvalue weighted by molar-refractivity contribution is 8.26. The summed E-state index contributed by atoms with van der Waals surface area (Å²) in [5.74, 6) is 0.543. The van der Waals surface area contributed by atoms with Crippen molar-refractivity contribution in [1.29, 1.82) is 0 Å². The van der Waals surface area contributed by atoms with Gasteiger partial charge >= 0.3 is 0 Å². The van der Waals surface area contributed by atoms with E-state index in [2.05, 4.69) is 25.7 Å². The van der Waals surface area contributed by atoms with Crippen LogP contribution in [-0.2, 0) is 4.79 Å². The predicted molar refractivity (Wildman–Crippen MR) is 166 cm³/mol. The molecule has 0 N–H and O–H groups in total. The lowest BCUT2D eigenvalue weighted by Crippen LogP contribution is -2.31. The standard InChI is InChI=1S/C30H44N4O2S2/c1-4-7-8-9-10-11-12-13-14-16-22-34-29(36)25(38-30(34)37)23-24-27(32(19-5-2)20-6-3)31-26-18-15-17-21-33(26)28(24)35/h15,17-18,21,23H,4-14,16,19-20,22H2,1-3H3/b25-23+. The van der Waals surface area contributed by atoms with Crippen LogP contribution in [0.2, 0.25) is 0 Å². The Labute approximate surface area is 237 Å². The summed E-state index contributed by atoms with van der Waals surface area (Å²) in [4.78, 5) is 36.1. The van der Waals surface area contributed by atoms with Gasteiger partial charge < -0.3 is 4.90 Å². The fraction of sp³-hybridized carbons (Fsp3) is 0.600. The van der Waals surface area contributed by atoms with Gasteiger partial charge in [0.15, 0.2) is 0 Å². The molecular weight excluding hydrogens is 512 g/mol. The van der Waals surface area contributed by atoms with Crippen molar-refractivity contribution in [3.05, 3.63) is 45.2 Å². The van der Waals surface area contributed by atoms with Crippen LogP contribution in [0.5, 0.6) is 0 Å². The van der Waals surface area contributed by atoms with Gasteiger partial charge in [-0.3, -0.25) is 18.9 Å². The number of pyridine rings is 1. The highest BCUT2D eigenvalue weighted by atomic mass is 32.2. The van der Waals surface area contributed by atoms with Crippen molar-refractivity contribution in [2.75, 3.05) is 24.5 Å². The Bertz CT molecular complexity index is 1150. The van der Waals surface area contributed by atoms with Crippen molar-refractivity contribution >= 4 is 51.7 Å². The van der Waals surface area contributed by atoms with E-state index < -0.39 is 0 Å². The summed E-state index contributed by atoms with van der Waals surface area (Å²) in [5, 5.41) is 0. The summed E-state index contributed by atoms with van der Waals surface area (Å²) in [6.45, 7) is 8.72. The first-order valence-corrected chi connectivity index (χ1v) is 15.8. The minimum Gasteiger partial charge on any atom is -0.356 e. The molecule has 1 aliphatic heterocycles. The molecule has 1 saturated heterocycles. The molecule has 38 heavy (non-hydrogen) atoms. The summed E-state index contributed by atoms with van der Waals surface area (Å²) in [6.07, 6.45) is 17.8. The van der Waals surface area contributed by atoms with Gasteiger partial charge in [0.1, 0.15) is 15.8 Å². The number of amides is 1. The second-order valence-electron chi connectivity index (χ2n) is 10.1. The number of carbonyl (C=O) groups is 1. The van der Waals surface area contributed by atoms with Gasteiger partial charge in [0.2, 0.25) is 0 Å². The number of anilines is 1. The summed E-state index contributed by atoms with van der Waals surface area (Å²) in [6, 6.07) is 5.55. The molecule has 208 valence electrons. The molecule has 1 fully saturated rings. The summed E-state index contributed by atoms with van der Waals surface area (Å²) in [7, 11) is 0. The first kappa shape index (κ1) is 30.4. The smallest absolute Gasteiger partial charge is 0.267 e. The van der Waals surface area contributed by atoms with Crippen LogP contribution < -0.4 is 10.5 Å². The molecule has 0 aliphatic carbocycles. The molecule has 0 spiro atoms. The number of aromatic nitrogens is 2. The quantitative estimate of drug-likeness (QED) is 0.115. The molecule has 2 aromatic heterocycles. The molecule has 8 heteroatoms. The minimum atomic E-state index is -0.164. The van der Waals surface area contributed by atoms with Gasteiger partial charge in [-0.05, 0) is 37.5 Å². The van der Waals surface area contributed by atoms with Crippen LogP contribution in [0.15, 0.2) is 34.1 Å². The van der Waals surface area contributed by atoms with E-state index in [1.54, 1.807) is 21.6 Å². The van der Waals surface area contributed by atoms with E-state index in [0.29, 0.717) is 32.8 Å². The lowest BCUT2D eigenvalue weighted by Gasteiger charge is -2.24. The van der Waals surface area contributed by atoms with Gasteiger partial charge in [-0.1, -0.05) is 109 Å². The number of hydrogen-bond donors (Lipinski definition) is 0. The van der Waals surface area contributed by atoms with Crippen molar-refractivity contribution in [2.45, 2.75) is 97.8 Å². The van der Waals surface area contributed by atoms with Gasteiger partial charge in [-0.2, -0.15) is 0 Å². The van der Waals surface area contributed by atoms with Crippen molar-refractivity contribution in [3.63, 3.8) is 0 Å². The number of unbranched alkanes of at least 4 members (excludes halogenated alkanes) is 9. The van der Waals surface area contributed by atoms with Crippen LogP contribution in [0.3, 0.4) is 0 Å². The van der Waals surface area contributed by atoms with Crippen LogP contribution in [0.4, 0.5) is 5.82 Å². The number of nitrogens with zero attached hydrogens (tertiary/aromatic N) is 4. The lowest BCUT2D eigenvalue weighted by atomic mass is 10.1. The number of rotatable bonds is 17. The first-order valence-electron chi connectivity index (χ1n) is 14.5. The molecule has 2 aromatic rings. The van der Waals surface area contributed by atoms with Crippen molar-refractivity contribution in [3.8, 4) is 0 Å². The zero-order chi connectivity index (χ0) is 27.3. The topological polar surface area (TPSA) is 57.9 Å². The Kier molecular flexibility index (Phi) is 12.8. The fourth-order valence-corrected chi connectivity index (χ4v) is 6.19. The van der Waals surface area contributed by atoms with Crippen LogP contribution >= 0.6 is 24.0 Å². The predicted octanol–water partition coefficient (Wildman–Crippen LogP) is 7.44. The molecule has 0 aromatic carbocycles. The van der Waals surface area contributed by atoms with Crippen LogP contribution in [0.25, 0.3) is 11.7 Å². The Balaban J connectivity index is 1.70. The maximum Gasteiger partial charge on any atom is 0.267 e.